The second-order valence-corrected chi connectivity index (χ2v) is 7.02. The molecular formula is C19H27ClN2O3. The van der Waals surface area contributed by atoms with Gasteiger partial charge in [0.25, 0.3) is 0 Å². The van der Waals surface area contributed by atoms with Gasteiger partial charge in [0.15, 0.2) is 0 Å². The van der Waals surface area contributed by atoms with Crippen LogP contribution >= 0.6 is 11.6 Å². The number of ether oxygens (including phenoxy) is 1. The molecule has 0 saturated heterocycles. The molecule has 6 heteroatoms. The Morgan fingerprint density at radius 1 is 1.20 bits per heavy atom. The lowest BCUT2D eigenvalue weighted by Gasteiger charge is -2.38. The van der Waals surface area contributed by atoms with Gasteiger partial charge >= 0.3 is 6.09 Å². The summed E-state index contributed by atoms with van der Waals surface area (Å²) in [5.41, 5.74) is 0.979. The monoisotopic (exact) mass is 366 g/mol. The fraction of sp³-hybridized carbons (Fsp3) is 0.579. The minimum Gasteiger partial charge on any atom is -0.445 e. The van der Waals surface area contributed by atoms with E-state index in [0.717, 1.165) is 31.2 Å². The van der Waals surface area contributed by atoms with Crippen LogP contribution < -0.4 is 5.32 Å². The van der Waals surface area contributed by atoms with Crippen molar-refractivity contribution in [3.05, 3.63) is 35.9 Å². The van der Waals surface area contributed by atoms with Crippen LogP contribution in [0.25, 0.3) is 0 Å². The van der Waals surface area contributed by atoms with Crippen molar-refractivity contribution < 1.29 is 14.3 Å². The molecule has 0 unspecified atom stereocenters. The highest BCUT2D eigenvalue weighted by Crippen LogP contribution is 2.25. The number of alkyl halides is 1. The molecule has 0 aliphatic heterocycles. The maximum Gasteiger partial charge on any atom is 0.410 e. The highest BCUT2D eigenvalue weighted by molar-refractivity contribution is 6.27. The molecule has 2 amide bonds. The Bertz CT molecular complexity index is 557. The highest BCUT2D eigenvalue weighted by Gasteiger charge is 2.31. The minimum atomic E-state index is -0.271. The molecule has 5 nitrogen and oxygen atoms in total. The van der Waals surface area contributed by atoms with Crippen LogP contribution in [0, 0.1) is 0 Å². The first kappa shape index (κ1) is 19.6. The Kier molecular flexibility index (Phi) is 7.56. The Morgan fingerprint density at radius 2 is 1.84 bits per heavy atom. The van der Waals surface area contributed by atoms with Crippen molar-refractivity contribution in [1.29, 1.82) is 0 Å². The van der Waals surface area contributed by atoms with Crippen LogP contribution in [-0.2, 0) is 16.1 Å². The topological polar surface area (TPSA) is 58.6 Å². The van der Waals surface area contributed by atoms with Crippen LogP contribution in [-0.4, -0.2) is 40.9 Å². The molecule has 138 valence electrons. The zero-order valence-corrected chi connectivity index (χ0v) is 15.7. The molecule has 1 aliphatic rings. The lowest BCUT2D eigenvalue weighted by Crippen LogP contribution is -2.49. The molecule has 25 heavy (non-hydrogen) atoms. The fourth-order valence-corrected chi connectivity index (χ4v) is 3.42. The number of nitrogens with one attached hydrogen (secondary N) is 1. The molecule has 0 bridgehead atoms. The fourth-order valence-electron chi connectivity index (χ4n) is 3.34. The molecule has 1 N–H and O–H groups in total. The van der Waals surface area contributed by atoms with E-state index in [4.69, 9.17) is 16.3 Å². The van der Waals surface area contributed by atoms with E-state index in [2.05, 4.69) is 5.32 Å². The number of halogens is 1. The molecule has 1 aliphatic carbocycles. The summed E-state index contributed by atoms with van der Waals surface area (Å²) in [7, 11) is 0. The average Bonchev–Trinajstić information content (AvgIpc) is 2.62. The number of carbonyl (C=O) groups is 2. The summed E-state index contributed by atoms with van der Waals surface area (Å²) in [5.74, 6) is -0.141. The van der Waals surface area contributed by atoms with Crippen molar-refractivity contribution in [3.8, 4) is 0 Å². The van der Waals surface area contributed by atoms with Crippen LogP contribution in [0.5, 0.6) is 0 Å². The third-order valence-electron chi connectivity index (χ3n) is 4.55. The molecule has 1 aromatic rings. The van der Waals surface area contributed by atoms with Gasteiger partial charge in [0.2, 0.25) is 5.91 Å². The number of rotatable bonds is 6. The minimum absolute atomic E-state index is 0.0101. The van der Waals surface area contributed by atoms with Gasteiger partial charge < -0.3 is 15.0 Å². The van der Waals surface area contributed by atoms with Gasteiger partial charge in [-0.15, -0.1) is 11.6 Å². The molecule has 2 rings (SSSR count). The Labute approximate surface area is 154 Å². The van der Waals surface area contributed by atoms with E-state index >= 15 is 0 Å². The maximum absolute atomic E-state index is 12.6. The summed E-state index contributed by atoms with van der Waals surface area (Å²) in [4.78, 5) is 25.8. The summed E-state index contributed by atoms with van der Waals surface area (Å²) >= 11 is 5.54. The molecule has 0 heterocycles. The smallest absolute Gasteiger partial charge is 0.410 e. The number of hydrogen-bond acceptors (Lipinski definition) is 3. The largest absolute Gasteiger partial charge is 0.445 e. The molecule has 1 aromatic carbocycles. The standard InChI is InChI=1S/C19H27ClN2O3/c1-14(2)22(19(24)25-13-15-6-4-3-5-7-15)17-10-8-16(9-11-17)21-18(23)12-20/h3-7,14,16-17H,8-13H2,1-2H3,(H,21,23). The van der Waals surface area contributed by atoms with Crippen molar-refractivity contribution in [2.24, 2.45) is 0 Å². The predicted molar refractivity (Wildman–Crippen MR) is 98.5 cm³/mol. The van der Waals surface area contributed by atoms with Crippen molar-refractivity contribution >= 4 is 23.6 Å². The van der Waals surface area contributed by atoms with Crippen LogP contribution in [0.3, 0.4) is 0 Å². The van der Waals surface area contributed by atoms with E-state index in [9.17, 15) is 9.59 Å². The number of amides is 2. The van der Waals surface area contributed by atoms with Crippen molar-refractivity contribution in [2.45, 2.75) is 64.3 Å². The molecule has 1 fully saturated rings. The summed E-state index contributed by atoms with van der Waals surface area (Å²) in [5, 5.41) is 2.93. The van der Waals surface area contributed by atoms with Crippen LogP contribution in [0.2, 0.25) is 0 Å². The molecule has 0 aromatic heterocycles. The van der Waals surface area contributed by atoms with Crippen molar-refractivity contribution in [3.63, 3.8) is 0 Å². The molecular weight excluding hydrogens is 340 g/mol. The van der Waals surface area contributed by atoms with Gasteiger partial charge in [0, 0.05) is 18.1 Å². The normalized spacial score (nSPS) is 20.2. The van der Waals surface area contributed by atoms with E-state index in [1.54, 1.807) is 0 Å². The summed E-state index contributed by atoms with van der Waals surface area (Å²) in [6.07, 6.45) is 3.13. The second kappa shape index (κ2) is 9.66. The van der Waals surface area contributed by atoms with Gasteiger partial charge in [-0.05, 0) is 45.1 Å². The summed E-state index contributed by atoms with van der Waals surface area (Å²) in [6.45, 7) is 4.29. The third-order valence-corrected chi connectivity index (χ3v) is 4.79. The predicted octanol–water partition coefficient (Wildman–Crippen LogP) is 3.70. The first-order valence-electron chi connectivity index (χ1n) is 8.85. The van der Waals surface area contributed by atoms with Gasteiger partial charge in [-0.3, -0.25) is 4.79 Å². The van der Waals surface area contributed by atoms with Crippen LogP contribution in [0.1, 0.15) is 45.1 Å². The summed E-state index contributed by atoms with van der Waals surface area (Å²) in [6, 6.07) is 10.0. The third kappa shape index (κ3) is 5.92. The first-order valence-corrected chi connectivity index (χ1v) is 9.39. The number of hydrogen-bond donors (Lipinski definition) is 1. The van der Waals surface area contributed by atoms with E-state index in [-0.39, 0.29) is 42.6 Å². The van der Waals surface area contributed by atoms with Gasteiger partial charge in [-0.1, -0.05) is 30.3 Å². The number of nitrogens with zero attached hydrogens (tertiary/aromatic N) is 1. The van der Waals surface area contributed by atoms with Crippen LogP contribution in [0.4, 0.5) is 4.79 Å². The average molecular weight is 367 g/mol. The molecule has 0 radical (unpaired) electrons. The highest BCUT2D eigenvalue weighted by atomic mass is 35.5. The maximum atomic E-state index is 12.6. The summed E-state index contributed by atoms with van der Waals surface area (Å²) < 4.78 is 5.51. The van der Waals surface area contributed by atoms with Crippen molar-refractivity contribution in [2.75, 3.05) is 5.88 Å². The first-order chi connectivity index (χ1) is 12.0. The zero-order valence-electron chi connectivity index (χ0n) is 14.9. The SMILES string of the molecule is CC(C)N(C(=O)OCc1ccccc1)C1CCC(NC(=O)CCl)CC1. The molecule has 0 spiro atoms. The Hall–Kier alpha value is -1.75. The van der Waals surface area contributed by atoms with Gasteiger partial charge in [0.1, 0.15) is 12.5 Å². The quantitative estimate of drug-likeness (QED) is 0.781. The van der Waals surface area contributed by atoms with Gasteiger partial charge in [-0.2, -0.15) is 0 Å². The van der Waals surface area contributed by atoms with E-state index in [1.165, 1.54) is 0 Å². The Morgan fingerprint density at radius 3 is 2.40 bits per heavy atom. The van der Waals surface area contributed by atoms with Crippen LogP contribution in [0.15, 0.2) is 30.3 Å². The Balaban J connectivity index is 1.88. The second-order valence-electron chi connectivity index (χ2n) is 6.75. The lowest BCUT2D eigenvalue weighted by atomic mass is 9.89. The van der Waals surface area contributed by atoms with E-state index < -0.39 is 0 Å². The van der Waals surface area contributed by atoms with E-state index in [0.29, 0.717) is 0 Å². The van der Waals surface area contributed by atoms with E-state index in [1.807, 2.05) is 49.1 Å². The number of carbonyl (C=O) groups excluding carboxylic acids is 2. The zero-order chi connectivity index (χ0) is 18.2. The molecule has 1 saturated carbocycles. The van der Waals surface area contributed by atoms with Gasteiger partial charge in [0.05, 0.1) is 0 Å². The lowest BCUT2D eigenvalue weighted by molar-refractivity contribution is -0.119. The number of benzene rings is 1. The van der Waals surface area contributed by atoms with Crippen molar-refractivity contribution in [1.82, 2.24) is 10.2 Å². The van der Waals surface area contributed by atoms with Gasteiger partial charge in [-0.25, -0.2) is 4.79 Å². The molecule has 0 atom stereocenters.